The molecule has 6 nitrogen and oxygen atoms in total. The number of hydrogen-bond donors (Lipinski definition) is 0. The number of aromatic nitrogens is 2. The lowest BCUT2D eigenvalue weighted by Crippen LogP contribution is -2.44. The van der Waals surface area contributed by atoms with Gasteiger partial charge in [-0.25, -0.2) is 4.79 Å². The molecule has 150 valence electrons. The van der Waals surface area contributed by atoms with Crippen LogP contribution < -0.4 is 0 Å². The number of amides is 1. The van der Waals surface area contributed by atoms with Gasteiger partial charge in [-0.05, 0) is 50.8 Å². The molecule has 1 aliphatic carbocycles. The summed E-state index contributed by atoms with van der Waals surface area (Å²) in [6, 6.07) is 20.3. The first kappa shape index (κ1) is 19.2. The highest BCUT2D eigenvalue weighted by Gasteiger charge is 2.51. The van der Waals surface area contributed by atoms with Crippen LogP contribution in [0.2, 0.25) is 0 Å². The van der Waals surface area contributed by atoms with E-state index in [1.165, 1.54) is 18.4 Å². The van der Waals surface area contributed by atoms with Crippen LogP contribution in [0.25, 0.3) is 11.5 Å². The van der Waals surface area contributed by atoms with Crippen LogP contribution in [0.1, 0.15) is 44.7 Å². The Labute approximate surface area is 170 Å². The van der Waals surface area contributed by atoms with E-state index in [2.05, 4.69) is 22.3 Å². The van der Waals surface area contributed by atoms with Crippen LogP contribution in [-0.2, 0) is 4.74 Å². The van der Waals surface area contributed by atoms with Crippen molar-refractivity contribution >= 4 is 6.09 Å². The molecule has 5 rings (SSSR count). The van der Waals surface area contributed by atoms with Crippen LogP contribution in [-0.4, -0.2) is 32.8 Å². The average molecular weight is 391 g/mol. The SMILES string of the molecule is CC1(C)OC(=O)N(C2CCC2)C1c1ccccc1.c1ccc(-c2nnco2)cc1. The van der Waals surface area contributed by atoms with Gasteiger partial charge in [-0.3, -0.25) is 4.90 Å². The molecule has 2 aliphatic rings. The lowest BCUT2D eigenvalue weighted by molar-refractivity contribution is 0.0656. The van der Waals surface area contributed by atoms with Crippen LogP contribution in [0.5, 0.6) is 0 Å². The van der Waals surface area contributed by atoms with Crippen molar-refractivity contribution in [3.63, 3.8) is 0 Å². The topological polar surface area (TPSA) is 68.5 Å². The number of ether oxygens (including phenoxy) is 1. The number of benzene rings is 2. The van der Waals surface area contributed by atoms with Gasteiger partial charge in [-0.1, -0.05) is 48.5 Å². The maximum Gasteiger partial charge on any atom is 0.411 e. The standard InChI is InChI=1S/C15H19NO2.C8H6N2O/c1-15(2)13(11-7-4-3-5-8-11)16(14(17)18-15)12-9-6-10-12;1-2-4-7(5-3-1)8-10-9-6-11-8/h3-5,7-8,12-13H,6,9-10H2,1-2H3;1-6H. The molecule has 2 heterocycles. The summed E-state index contributed by atoms with van der Waals surface area (Å²) in [6.07, 6.45) is 4.60. The second-order valence-electron chi connectivity index (χ2n) is 7.89. The number of carbonyl (C=O) groups excluding carboxylic acids is 1. The molecule has 29 heavy (non-hydrogen) atoms. The molecule has 1 saturated carbocycles. The zero-order valence-corrected chi connectivity index (χ0v) is 16.7. The Bertz CT molecular complexity index is 923. The zero-order chi connectivity index (χ0) is 20.3. The Morgan fingerprint density at radius 2 is 1.66 bits per heavy atom. The van der Waals surface area contributed by atoms with Crippen LogP contribution in [0, 0.1) is 0 Å². The molecule has 2 fully saturated rings. The molecule has 1 unspecified atom stereocenters. The van der Waals surface area contributed by atoms with Gasteiger partial charge in [0.1, 0.15) is 5.60 Å². The van der Waals surface area contributed by atoms with Crippen molar-refractivity contribution in [1.82, 2.24) is 15.1 Å². The third-order valence-electron chi connectivity index (χ3n) is 5.46. The number of hydrogen-bond acceptors (Lipinski definition) is 5. The van der Waals surface area contributed by atoms with Crippen LogP contribution in [0.3, 0.4) is 0 Å². The zero-order valence-electron chi connectivity index (χ0n) is 16.7. The second-order valence-corrected chi connectivity index (χ2v) is 7.89. The van der Waals surface area contributed by atoms with E-state index in [1.807, 2.05) is 67.3 Å². The molecule has 6 heteroatoms. The van der Waals surface area contributed by atoms with E-state index in [0.717, 1.165) is 18.4 Å². The molecule has 0 spiro atoms. The third kappa shape index (κ3) is 4.01. The predicted molar refractivity (Wildman–Crippen MR) is 109 cm³/mol. The van der Waals surface area contributed by atoms with Crippen molar-refractivity contribution in [2.45, 2.75) is 50.8 Å². The summed E-state index contributed by atoms with van der Waals surface area (Å²) >= 11 is 0. The highest BCUT2D eigenvalue weighted by molar-refractivity contribution is 5.72. The average Bonchev–Trinajstić information content (AvgIpc) is 3.29. The largest absolute Gasteiger partial charge is 0.441 e. The first-order chi connectivity index (χ1) is 14.1. The fourth-order valence-electron chi connectivity index (χ4n) is 3.88. The van der Waals surface area contributed by atoms with E-state index in [9.17, 15) is 4.79 Å². The molecule has 3 aromatic rings. The fraction of sp³-hybridized carbons (Fsp3) is 0.348. The predicted octanol–water partition coefficient (Wildman–Crippen LogP) is 5.25. The minimum atomic E-state index is -0.450. The molecular formula is C23H25N3O3. The van der Waals surface area contributed by atoms with Crippen molar-refractivity contribution in [2.75, 3.05) is 0 Å². The van der Waals surface area contributed by atoms with Gasteiger partial charge in [-0.15, -0.1) is 10.2 Å². The number of rotatable bonds is 3. The third-order valence-corrected chi connectivity index (χ3v) is 5.46. The lowest BCUT2D eigenvalue weighted by Gasteiger charge is -2.38. The highest BCUT2D eigenvalue weighted by atomic mass is 16.6. The summed E-state index contributed by atoms with van der Waals surface area (Å²) in [7, 11) is 0. The van der Waals surface area contributed by atoms with Gasteiger partial charge in [0.25, 0.3) is 0 Å². The lowest BCUT2D eigenvalue weighted by atomic mass is 9.86. The first-order valence-corrected chi connectivity index (χ1v) is 9.94. The van der Waals surface area contributed by atoms with Gasteiger partial charge in [-0.2, -0.15) is 0 Å². The first-order valence-electron chi connectivity index (χ1n) is 9.94. The molecule has 1 saturated heterocycles. The van der Waals surface area contributed by atoms with E-state index in [-0.39, 0.29) is 12.1 Å². The number of cyclic esters (lactones) is 1. The molecule has 1 amide bonds. The Balaban J connectivity index is 0.000000159. The van der Waals surface area contributed by atoms with Gasteiger partial charge in [0.05, 0.1) is 6.04 Å². The molecule has 1 aliphatic heterocycles. The van der Waals surface area contributed by atoms with Gasteiger partial charge in [0.15, 0.2) is 0 Å². The molecule has 0 bridgehead atoms. The van der Waals surface area contributed by atoms with Crippen molar-refractivity contribution in [2.24, 2.45) is 0 Å². The Morgan fingerprint density at radius 3 is 2.21 bits per heavy atom. The van der Waals surface area contributed by atoms with Crippen LogP contribution in [0.15, 0.2) is 71.5 Å². The van der Waals surface area contributed by atoms with Crippen LogP contribution in [0.4, 0.5) is 4.79 Å². The van der Waals surface area contributed by atoms with E-state index in [1.54, 1.807) is 0 Å². The monoisotopic (exact) mass is 391 g/mol. The Hall–Kier alpha value is -3.15. The highest BCUT2D eigenvalue weighted by Crippen LogP contribution is 2.45. The number of nitrogens with zero attached hydrogens (tertiary/aromatic N) is 3. The fourth-order valence-corrected chi connectivity index (χ4v) is 3.88. The summed E-state index contributed by atoms with van der Waals surface area (Å²) in [5, 5.41) is 7.35. The van der Waals surface area contributed by atoms with E-state index in [0.29, 0.717) is 11.9 Å². The normalized spacial score (nSPS) is 20.4. The summed E-state index contributed by atoms with van der Waals surface area (Å²) in [4.78, 5) is 14.1. The molecule has 1 atom stereocenters. The maximum absolute atomic E-state index is 12.1. The molecule has 0 N–H and O–H groups in total. The minimum absolute atomic E-state index is 0.0384. The molecule has 1 aromatic heterocycles. The van der Waals surface area contributed by atoms with Gasteiger partial charge in [0, 0.05) is 11.6 Å². The second kappa shape index (κ2) is 8.07. The van der Waals surface area contributed by atoms with Crippen molar-refractivity contribution in [3.05, 3.63) is 72.6 Å². The molecule has 2 aromatic carbocycles. The van der Waals surface area contributed by atoms with Crippen molar-refractivity contribution in [1.29, 1.82) is 0 Å². The van der Waals surface area contributed by atoms with Crippen LogP contribution >= 0.6 is 0 Å². The molecular weight excluding hydrogens is 366 g/mol. The van der Waals surface area contributed by atoms with Crippen molar-refractivity contribution in [3.8, 4) is 11.5 Å². The van der Waals surface area contributed by atoms with E-state index in [4.69, 9.17) is 9.15 Å². The summed E-state index contributed by atoms with van der Waals surface area (Å²) in [6.45, 7) is 4.00. The van der Waals surface area contributed by atoms with E-state index >= 15 is 0 Å². The summed E-state index contributed by atoms with van der Waals surface area (Å²) in [5.74, 6) is 0.561. The Kier molecular flexibility index (Phi) is 5.34. The minimum Gasteiger partial charge on any atom is -0.441 e. The Morgan fingerprint density at radius 1 is 1.00 bits per heavy atom. The van der Waals surface area contributed by atoms with Gasteiger partial charge in [0.2, 0.25) is 12.3 Å². The van der Waals surface area contributed by atoms with Gasteiger partial charge < -0.3 is 9.15 Å². The summed E-state index contributed by atoms with van der Waals surface area (Å²) in [5.41, 5.74) is 1.67. The van der Waals surface area contributed by atoms with Gasteiger partial charge >= 0.3 is 6.09 Å². The quantitative estimate of drug-likeness (QED) is 0.610. The maximum atomic E-state index is 12.1. The number of carbonyl (C=O) groups is 1. The molecule has 0 radical (unpaired) electrons. The van der Waals surface area contributed by atoms with E-state index < -0.39 is 5.60 Å². The smallest absolute Gasteiger partial charge is 0.411 e. The van der Waals surface area contributed by atoms with Crippen molar-refractivity contribution < 1.29 is 13.9 Å². The summed E-state index contributed by atoms with van der Waals surface area (Å²) < 4.78 is 10.6.